The van der Waals surface area contributed by atoms with Crippen molar-refractivity contribution in [3.8, 4) is 12.3 Å². The van der Waals surface area contributed by atoms with Gasteiger partial charge in [0.1, 0.15) is 6.04 Å². The summed E-state index contributed by atoms with van der Waals surface area (Å²) in [5.74, 6) is 2.26. The van der Waals surface area contributed by atoms with Crippen LogP contribution in [-0.2, 0) is 4.79 Å². The number of carbonyl (C=O) groups is 1. The number of aryl methyl sites for hydroxylation is 2. The number of rotatable bonds is 4. The third-order valence-electron chi connectivity index (χ3n) is 2.35. The molecule has 0 aliphatic carbocycles. The average molecular weight is 219 g/mol. The molecule has 0 spiro atoms. The molecule has 0 aliphatic rings. The monoisotopic (exact) mass is 219 g/mol. The molecule has 16 heavy (non-hydrogen) atoms. The third kappa shape index (κ3) is 2.80. The lowest BCUT2D eigenvalue weighted by Gasteiger charge is -2.18. The van der Waals surface area contributed by atoms with E-state index in [9.17, 15) is 4.79 Å². The lowest BCUT2D eigenvalue weighted by Crippen LogP contribution is -2.41. The first kappa shape index (κ1) is 12.2. The van der Waals surface area contributed by atoms with Crippen molar-refractivity contribution in [2.75, 3.05) is 12.0 Å². The quantitative estimate of drug-likeness (QED) is 0.735. The van der Waals surface area contributed by atoms with Crippen LogP contribution in [0.25, 0.3) is 0 Å². The van der Waals surface area contributed by atoms with Crippen molar-refractivity contribution in [2.45, 2.75) is 26.8 Å². The van der Waals surface area contributed by atoms with Crippen LogP contribution in [0, 0.1) is 26.2 Å². The number of amides is 1. The van der Waals surface area contributed by atoms with Gasteiger partial charge in [-0.3, -0.25) is 9.47 Å². The van der Waals surface area contributed by atoms with Gasteiger partial charge in [-0.15, -0.1) is 6.42 Å². The molecule has 1 rings (SSSR count). The van der Waals surface area contributed by atoms with E-state index in [4.69, 9.17) is 6.42 Å². The maximum Gasteiger partial charge on any atom is 0.244 e. The van der Waals surface area contributed by atoms with Gasteiger partial charge in [-0.1, -0.05) is 5.92 Å². The Labute approximate surface area is 96.0 Å². The fraction of sp³-hybridized carbons (Fsp3) is 0.417. The molecular weight excluding hydrogens is 202 g/mol. The van der Waals surface area contributed by atoms with Gasteiger partial charge in [0, 0.05) is 11.4 Å². The summed E-state index contributed by atoms with van der Waals surface area (Å²) >= 11 is 0. The topological polar surface area (TPSA) is 46.1 Å². The number of aromatic nitrogens is 1. The molecule has 1 amide bonds. The fourth-order valence-corrected chi connectivity index (χ4v) is 1.42. The van der Waals surface area contributed by atoms with Gasteiger partial charge in [-0.2, -0.15) is 0 Å². The summed E-state index contributed by atoms with van der Waals surface area (Å²) in [6.45, 7) is 6.01. The molecule has 0 saturated carbocycles. The summed E-state index contributed by atoms with van der Waals surface area (Å²) in [5.41, 5.74) is 5.23. The second kappa shape index (κ2) is 5.26. The molecule has 0 radical (unpaired) electrons. The summed E-state index contributed by atoms with van der Waals surface area (Å²) in [7, 11) is 0. The van der Waals surface area contributed by atoms with E-state index in [0.717, 1.165) is 11.4 Å². The molecule has 1 unspecified atom stereocenters. The van der Waals surface area contributed by atoms with Crippen molar-refractivity contribution in [1.29, 1.82) is 0 Å². The summed E-state index contributed by atoms with van der Waals surface area (Å²) in [5, 5.41) is 2.63. The summed E-state index contributed by atoms with van der Waals surface area (Å²) in [4.78, 5) is 11.6. The molecule has 4 nitrogen and oxygen atoms in total. The smallest absolute Gasteiger partial charge is 0.244 e. The minimum atomic E-state index is -0.321. The minimum Gasteiger partial charge on any atom is -0.343 e. The maximum absolute atomic E-state index is 11.6. The Hall–Kier alpha value is -1.89. The van der Waals surface area contributed by atoms with Crippen molar-refractivity contribution in [2.24, 2.45) is 0 Å². The first-order chi connectivity index (χ1) is 7.56. The van der Waals surface area contributed by atoms with Crippen molar-refractivity contribution >= 4 is 5.91 Å². The number of hydrogen-bond acceptors (Lipinski definition) is 2. The number of nitrogens with one attached hydrogen (secondary N) is 2. The zero-order valence-electron chi connectivity index (χ0n) is 9.87. The van der Waals surface area contributed by atoms with Gasteiger partial charge >= 0.3 is 0 Å². The molecule has 86 valence electrons. The largest absolute Gasteiger partial charge is 0.343 e. The Balaban J connectivity index is 2.61. The summed E-state index contributed by atoms with van der Waals surface area (Å²) in [6.07, 6.45) is 5.07. The van der Waals surface area contributed by atoms with Gasteiger partial charge in [0.15, 0.2) is 0 Å². The number of hydrogen-bond donors (Lipinski definition) is 2. The van der Waals surface area contributed by atoms with Crippen molar-refractivity contribution < 1.29 is 4.79 Å². The van der Waals surface area contributed by atoms with E-state index in [2.05, 4.69) is 16.7 Å². The third-order valence-corrected chi connectivity index (χ3v) is 2.35. The first-order valence-electron chi connectivity index (χ1n) is 5.19. The Morgan fingerprint density at radius 2 is 2.06 bits per heavy atom. The average Bonchev–Trinajstić information content (AvgIpc) is 2.57. The highest BCUT2D eigenvalue weighted by atomic mass is 16.2. The Kier molecular flexibility index (Phi) is 4.01. The van der Waals surface area contributed by atoms with Crippen molar-refractivity contribution in [3.05, 3.63) is 23.5 Å². The molecule has 0 aromatic carbocycles. The highest BCUT2D eigenvalue weighted by Crippen LogP contribution is 2.04. The molecule has 1 aromatic rings. The highest BCUT2D eigenvalue weighted by Gasteiger charge is 2.12. The van der Waals surface area contributed by atoms with Crippen LogP contribution in [-0.4, -0.2) is 23.2 Å². The van der Waals surface area contributed by atoms with Crippen molar-refractivity contribution in [1.82, 2.24) is 9.99 Å². The maximum atomic E-state index is 11.6. The van der Waals surface area contributed by atoms with Gasteiger partial charge in [-0.25, -0.2) is 0 Å². The predicted octanol–water partition coefficient (Wildman–Crippen LogP) is 0.786. The second-order valence-electron chi connectivity index (χ2n) is 3.72. The van der Waals surface area contributed by atoms with Crippen molar-refractivity contribution in [3.63, 3.8) is 0 Å². The van der Waals surface area contributed by atoms with Crippen LogP contribution in [0.2, 0.25) is 0 Å². The van der Waals surface area contributed by atoms with Crippen LogP contribution >= 0.6 is 0 Å². The van der Waals surface area contributed by atoms with E-state index < -0.39 is 0 Å². The molecule has 0 aliphatic heterocycles. The summed E-state index contributed by atoms with van der Waals surface area (Å²) < 4.78 is 1.89. The van der Waals surface area contributed by atoms with Gasteiger partial charge < -0.3 is 10.7 Å². The second-order valence-corrected chi connectivity index (χ2v) is 3.72. The Morgan fingerprint density at radius 1 is 1.50 bits per heavy atom. The minimum absolute atomic E-state index is 0.106. The van der Waals surface area contributed by atoms with E-state index in [1.165, 1.54) is 0 Å². The number of terminal acetylenes is 1. The zero-order chi connectivity index (χ0) is 12.1. The van der Waals surface area contributed by atoms with E-state index >= 15 is 0 Å². The molecule has 1 aromatic heterocycles. The van der Waals surface area contributed by atoms with Crippen LogP contribution in [0.1, 0.15) is 18.3 Å². The number of nitrogens with zero attached hydrogens (tertiary/aromatic N) is 1. The highest BCUT2D eigenvalue weighted by molar-refractivity contribution is 5.82. The van der Waals surface area contributed by atoms with Crippen LogP contribution in [0.15, 0.2) is 12.1 Å². The molecule has 1 heterocycles. The Bertz CT molecular complexity index is 395. The first-order valence-corrected chi connectivity index (χ1v) is 5.19. The lowest BCUT2D eigenvalue weighted by molar-refractivity contribution is -0.121. The molecule has 1 atom stereocenters. The molecule has 4 heteroatoms. The number of carbonyl (C=O) groups excluding carboxylic acids is 1. The van der Waals surface area contributed by atoms with E-state index in [0.29, 0.717) is 0 Å². The Morgan fingerprint density at radius 3 is 2.56 bits per heavy atom. The fourth-order valence-electron chi connectivity index (χ4n) is 1.42. The van der Waals surface area contributed by atoms with Crippen LogP contribution < -0.4 is 10.7 Å². The molecule has 0 bridgehead atoms. The SMILES string of the molecule is C#CCNC(=O)C(C)Nn1c(C)ccc1C. The van der Waals surface area contributed by atoms with Gasteiger partial charge in [0.25, 0.3) is 0 Å². The molecule has 2 N–H and O–H groups in total. The predicted molar refractivity (Wildman–Crippen MR) is 64.6 cm³/mol. The molecular formula is C12H17N3O. The van der Waals surface area contributed by atoms with Gasteiger partial charge in [-0.05, 0) is 32.9 Å². The zero-order valence-corrected chi connectivity index (χ0v) is 9.87. The molecule has 0 fully saturated rings. The standard InChI is InChI=1S/C12H17N3O/c1-5-8-13-12(16)11(4)14-15-9(2)6-7-10(15)3/h1,6-7,11,14H,8H2,2-4H3,(H,13,16). The van der Waals surface area contributed by atoms with Crippen LogP contribution in [0.4, 0.5) is 0 Å². The van der Waals surface area contributed by atoms with E-state index in [1.807, 2.05) is 30.7 Å². The molecule has 0 saturated heterocycles. The van der Waals surface area contributed by atoms with Gasteiger partial charge in [0.05, 0.1) is 6.54 Å². The van der Waals surface area contributed by atoms with Gasteiger partial charge in [0.2, 0.25) is 5.91 Å². The van der Waals surface area contributed by atoms with E-state index in [1.54, 1.807) is 6.92 Å². The lowest BCUT2D eigenvalue weighted by atomic mass is 10.3. The van der Waals surface area contributed by atoms with Crippen LogP contribution in [0.5, 0.6) is 0 Å². The van der Waals surface area contributed by atoms with E-state index in [-0.39, 0.29) is 18.5 Å². The normalized spacial score (nSPS) is 11.6. The van der Waals surface area contributed by atoms with Crippen LogP contribution in [0.3, 0.4) is 0 Å². The summed E-state index contributed by atoms with van der Waals surface area (Å²) in [6, 6.07) is 3.67.